The monoisotopic (exact) mass is 393 g/mol. The lowest BCUT2D eigenvalue weighted by Crippen LogP contribution is -1.89. The number of benzene rings is 2. The number of aromatic amines is 1. The highest BCUT2D eigenvalue weighted by atomic mass is 32.2. The molecule has 2 N–H and O–H groups in total. The number of nitrogens with zero attached hydrogens (tertiary/aromatic N) is 4. The number of thioether (sulfide) groups is 1. The van der Waals surface area contributed by atoms with Gasteiger partial charge in [-0.15, -0.1) is 10.2 Å². The number of para-hydroxylation sites is 1. The zero-order valence-electron chi connectivity index (χ0n) is 14.1. The molecular formula is C18H11N5O4S. The van der Waals surface area contributed by atoms with Gasteiger partial charge in [0.05, 0.1) is 15.3 Å². The minimum Gasteiger partial charge on any atom is -0.493 e. The summed E-state index contributed by atoms with van der Waals surface area (Å²) in [6.07, 6.45) is 1.58. The standard InChI is InChI=1S/C18H11N5O4S/c24-16-14(9-10-5-7-11(8-6-10)23(26)27)28-18(20-16)22-21-15-12-3-1-2-4-13(12)19-17(15)25/h1-9,19,25H. The van der Waals surface area contributed by atoms with E-state index in [4.69, 9.17) is 0 Å². The second-order valence-corrected chi connectivity index (χ2v) is 6.74. The summed E-state index contributed by atoms with van der Waals surface area (Å²) in [5.41, 5.74) is 1.57. The number of amidine groups is 1. The molecule has 0 fully saturated rings. The number of hydrogen-bond acceptors (Lipinski definition) is 7. The average Bonchev–Trinajstić information content (AvgIpc) is 3.19. The van der Waals surface area contributed by atoms with Crippen LogP contribution in [0.3, 0.4) is 0 Å². The number of rotatable bonds is 3. The summed E-state index contributed by atoms with van der Waals surface area (Å²) in [5.74, 6) is -0.595. The Kier molecular flexibility index (Phi) is 4.45. The molecule has 2 heterocycles. The Labute approximate surface area is 161 Å². The number of nitrogens with one attached hydrogen (secondary N) is 1. The number of fused-ring (bicyclic) bond motifs is 1. The van der Waals surface area contributed by atoms with Crippen LogP contribution in [0.2, 0.25) is 0 Å². The van der Waals surface area contributed by atoms with Crippen molar-refractivity contribution in [3.8, 4) is 5.88 Å². The van der Waals surface area contributed by atoms with E-state index in [-0.39, 0.29) is 22.4 Å². The first-order valence-corrected chi connectivity index (χ1v) is 8.81. The SMILES string of the molecule is O=C1N=C(N=Nc2c(O)[nH]c3ccccc23)SC1=Cc1ccc([N+](=O)[O-])cc1. The van der Waals surface area contributed by atoms with Gasteiger partial charge in [0.25, 0.3) is 11.6 Å². The van der Waals surface area contributed by atoms with Gasteiger partial charge in [-0.2, -0.15) is 4.99 Å². The molecule has 0 atom stereocenters. The van der Waals surface area contributed by atoms with Crippen LogP contribution >= 0.6 is 11.8 Å². The molecule has 0 radical (unpaired) electrons. The molecule has 10 heteroatoms. The van der Waals surface area contributed by atoms with Gasteiger partial charge >= 0.3 is 0 Å². The number of nitro groups is 1. The van der Waals surface area contributed by atoms with Gasteiger partial charge in [-0.05, 0) is 41.6 Å². The molecule has 1 aromatic heterocycles. The molecule has 0 aliphatic carbocycles. The molecule has 3 aromatic rings. The quantitative estimate of drug-likeness (QED) is 0.292. The maximum absolute atomic E-state index is 12.1. The molecule has 4 rings (SSSR count). The highest BCUT2D eigenvalue weighted by molar-refractivity contribution is 8.18. The van der Waals surface area contributed by atoms with Crippen molar-refractivity contribution in [1.29, 1.82) is 0 Å². The lowest BCUT2D eigenvalue weighted by Gasteiger charge is -1.96. The van der Waals surface area contributed by atoms with Gasteiger partial charge in [0.15, 0.2) is 5.69 Å². The lowest BCUT2D eigenvalue weighted by molar-refractivity contribution is -0.384. The molecule has 28 heavy (non-hydrogen) atoms. The first-order valence-electron chi connectivity index (χ1n) is 8.00. The summed E-state index contributed by atoms with van der Waals surface area (Å²) in [4.78, 5) is 29.2. The third-order valence-corrected chi connectivity index (χ3v) is 4.77. The van der Waals surface area contributed by atoms with Crippen molar-refractivity contribution in [3.05, 3.63) is 69.1 Å². The molecule has 0 saturated carbocycles. The maximum atomic E-state index is 12.1. The number of aromatic nitrogens is 1. The first-order chi connectivity index (χ1) is 13.5. The summed E-state index contributed by atoms with van der Waals surface area (Å²) >= 11 is 1.03. The first kappa shape index (κ1) is 17.6. The van der Waals surface area contributed by atoms with Gasteiger partial charge < -0.3 is 10.1 Å². The maximum Gasteiger partial charge on any atom is 0.286 e. The second kappa shape index (κ2) is 7.08. The Hall–Kier alpha value is -3.79. The lowest BCUT2D eigenvalue weighted by atomic mass is 10.2. The van der Waals surface area contributed by atoms with Crippen LogP contribution in [-0.4, -0.2) is 26.1 Å². The number of amides is 1. The molecule has 138 valence electrons. The number of aliphatic imine (C=N–C) groups is 1. The Bertz CT molecular complexity index is 1190. The van der Waals surface area contributed by atoms with Crippen LogP contribution in [-0.2, 0) is 4.79 Å². The number of azo groups is 1. The molecule has 1 aliphatic heterocycles. The zero-order valence-corrected chi connectivity index (χ0v) is 14.9. The van der Waals surface area contributed by atoms with Gasteiger partial charge in [-0.1, -0.05) is 18.2 Å². The summed E-state index contributed by atoms with van der Waals surface area (Å²) < 4.78 is 0. The molecule has 1 amide bonds. The number of non-ortho nitro benzene ring substituents is 1. The van der Waals surface area contributed by atoms with E-state index in [9.17, 15) is 20.0 Å². The molecule has 0 saturated heterocycles. The minimum atomic E-state index is -0.492. The summed E-state index contributed by atoms with van der Waals surface area (Å²) in [7, 11) is 0. The highest BCUT2D eigenvalue weighted by Gasteiger charge is 2.22. The van der Waals surface area contributed by atoms with Crippen molar-refractivity contribution in [2.45, 2.75) is 0 Å². The molecule has 1 aliphatic rings. The number of hydrogen-bond donors (Lipinski definition) is 2. The minimum absolute atomic E-state index is 0.0307. The van der Waals surface area contributed by atoms with E-state index >= 15 is 0 Å². The predicted octanol–water partition coefficient (Wildman–Crippen LogP) is 4.54. The molecular weight excluding hydrogens is 382 g/mol. The summed E-state index contributed by atoms with van der Waals surface area (Å²) in [6, 6.07) is 13.0. The predicted molar refractivity (Wildman–Crippen MR) is 106 cm³/mol. The van der Waals surface area contributed by atoms with Crippen molar-refractivity contribution in [3.63, 3.8) is 0 Å². The third-order valence-electron chi connectivity index (χ3n) is 3.91. The third kappa shape index (κ3) is 3.40. The fourth-order valence-corrected chi connectivity index (χ4v) is 3.33. The van der Waals surface area contributed by atoms with Crippen LogP contribution in [0.15, 0.2) is 68.7 Å². The average molecular weight is 393 g/mol. The number of aromatic hydroxyl groups is 1. The Morgan fingerprint density at radius 2 is 1.89 bits per heavy atom. The van der Waals surface area contributed by atoms with Crippen LogP contribution < -0.4 is 0 Å². The van der Waals surface area contributed by atoms with Crippen molar-refractivity contribution in [2.24, 2.45) is 15.2 Å². The van der Waals surface area contributed by atoms with Gasteiger partial charge in [-0.25, -0.2) is 0 Å². The molecule has 0 unspecified atom stereocenters. The Morgan fingerprint density at radius 1 is 1.14 bits per heavy atom. The largest absolute Gasteiger partial charge is 0.493 e. The summed E-state index contributed by atoms with van der Waals surface area (Å²) in [5, 5.41) is 29.5. The summed E-state index contributed by atoms with van der Waals surface area (Å²) in [6.45, 7) is 0. The van der Waals surface area contributed by atoms with Gasteiger partial charge in [-0.3, -0.25) is 14.9 Å². The fraction of sp³-hybridized carbons (Fsp3) is 0. The van der Waals surface area contributed by atoms with Crippen LogP contribution in [0.1, 0.15) is 5.56 Å². The molecule has 2 aromatic carbocycles. The topological polar surface area (TPSA) is 133 Å². The Balaban J connectivity index is 1.54. The smallest absolute Gasteiger partial charge is 0.286 e. The van der Waals surface area contributed by atoms with Gasteiger partial charge in [0.1, 0.15) is 0 Å². The van der Waals surface area contributed by atoms with Crippen LogP contribution in [0.4, 0.5) is 11.4 Å². The van der Waals surface area contributed by atoms with Crippen molar-refractivity contribution in [1.82, 2.24) is 4.98 Å². The highest BCUT2D eigenvalue weighted by Crippen LogP contribution is 2.36. The second-order valence-electron chi connectivity index (χ2n) is 5.73. The number of nitro benzene ring substituents is 1. The van der Waals surface area contributed by atoms with Crippen LogP contribution in [0, 0.1) is 10.1 Å². The molecule has 0 bridgehead atoms. The Morgan fingerprint density at radius 3 is 2.64 bits per heavy atom. The van der Waals surface area contributed by atoms with E-state index in [2.05, 4.69) is 20.2 Å². The van der Waals surface area contributed by atoms with Crippen molar-refractivity contribution >= 4 is 51.2 Å². The van der Waals surface area contributed by atoms with Gasteiger partial charge in [0, 0.05) is 17.5 Å². The molecule has 9 nitrogen and oxygen atoms in total. The van der Waals surface area contributed by atoms with E-state index < -0.39 is 10.8 Å². The van der Waals surface area contributed by atoms with E-state index in [1.165, 1.54) is 12.1 Å². The van der Waals surface area contributed by atoms with Crippen LogP contribution in [0.5, 0.6) is 5.88 Å². The molecule has 0 spiro atoms. The van der Waals surface area contributed by atoms with Crippen molar-refractivity contribution < 1.29 is 14.8 Å². The van der Waals surface area contributed by atoms with Crippen LogP contribution in [0.25, 0.3) is 17.0 Å². The number of carbonyl (C=O) groups excluding carboxylic acids is 1. The zero-order chi connectivity index (χ0) is 19.7. The van der Waals surface area contributed by atoms with E-state index in [1.54, 1.807) is 30.3 Å². The van der Waals surface area contributed by atoms with Crippen molar-refractivity contribution in [2.75, 3.05) is 0 Å². The van der Waals surface area contributed by atoms with E-state index in [0.29, 0.717) is 21.4 Å². The van der Waals surface area contributed by atoms with Gasteiger partial charge in [0.2, 0.25) is 11.0 Å². The number of carbonyl (C=O) groups is 1. The number of H-pyrrole nitrogens is 1. The van der Waals surface area contributed by atoms with E-state index in [0.717, 1.165) is 11.8 Å². The van der Waals surface area contributed by atoms with E-state index in [1.807, 2.05) is 12.1 Å². The fourth-order valence-electron chi connectivity index (χ4n) is 2.59. The normalized spacial score (nSPS) is 15.6.